The van der Waals surface area contributed by atoms with Crippen molar-refractivity contribution in [1.82, 2.24) is 9.97 Å². The van der Waals surface area contributed by atoms with Crippen LogP contribution in [0.15, 0.2) is 24.3 Å². The van der Waals surface area contributed by atoms with Crippen LogP contribution >= 0.6 is 0 Å². The molecule has 2 rings (SSSR count). The minimum atomic E-state index is -0.805. The summed E-state index contributed by atoms with van der Waals surface area (Å²) in [7, 11) is 0. The maximum absolute atomic E-state index is 10.6. The molecule has 1 heterocycles. The molecule has 4 nitrogen and oxygen atoms in total. The zero-order valence-electron chi connectivity index (χ0n) is 8.97. The molecule has 16 heavy (non-hydrogen) atoms. The van der Waals surface area contributed by atoms with E-state index in [4.69, 9.17) is 5.11 Å². The van der Waals surface area contributed by atoms with Crippen molar-refractivity contribution in [1.29, 1.82) is 0 Å². The molecule has 0 bridgehead atoms. The Labute approximate surface area is 93.0 Å². The van der Waals surface area contributed by atoms with E-state index in [2.05, 4.69) is 9.97 Å². The highest BCUT2D eigenvalue weighted by Crippen LogP contribution is 2.16. The van der Waals surface area contributed by atoms with E-state index in [0.29, 0.717) is 12.2 Å². The van der Waals surface area contributed by atoms with Gasteiger partial charge in [0.05, 0.1) is 17.6 Å². The van der Waals surface area contributed by atoms with Gasteiger partial charge in [-0.2, -0.15) is 0 Å². The first kappa shape index (κ1) is 10.5. The predicted molar refractivity (Wildman–Crippen MR) is 60.2 cm³/mol. The van der Waals surface area contributed by atoms with Gasteiger partial charge in [0.1, 0.15) is 5.82 Å². The number of para-hydroxylation sites is 1. The summed E-state index contributed by atoms with van der Waals surface area (Å²) >= 11 is 0. The molecule has 1 aromatic heterocycles. The van der Waals surface area contributed by atoms with Gasteiger partial charge in [-0.15, -0.1) is 0 Å². The first-order valence-corrected chi connectivity index (χ1v) is 5.11. The third kappa shape index (κ3) is 2.16. The summed E-state index contributed by atoms with van der Waals surface area (Å²) in [5.74, 6) is -0.126. The first-order chi connectivity index (χ1) is 7.66. The molecule has 0 unspecified atom stereocenters. The van der Waals surface area contributed by atoms with Crippen LogP contribution in [0, 0.1) is 6.92 Å². The number of fused-ring (bicyclic) bond motifs is 1. The highest BCUT2D eigenvalue weighted by molar-refractivity contribution is 5.81. The number of aromatic nitrogens is 2. The number of rotatable bonds is 3. The average Bonchev–Trinajstić information content (AvgIpc) is 2.25. The number of carboxylic acids is 1. The topological polar surface area (TPSA) is 63.1 Å². The fraction of sp³-hybridized carbons (Fsp3) is 0.250. The summed E-state index contributed by atoms with van der Waals surface area (Å²) in [6, 6.07) is 7.65. The van der Waals surface area contributed by atoms with Gasteiger partial charge >= 0.3 is 5.97 Å². The van der Waals surface area contributed by atoms with Gasteiger partial charge in [0.2, 0.25) is 0 Å². The Morgan fingerprint density at radius 3 is 2.81 bits per heavy atom. The van der Waals surface area contributed by atoms with Crippen molar-refractivity contribution in [3.8, 4) is 0 Å². The van der Waals surface area contributed by atoms with E-state index >= 15 is 0 Å². The lowest BCUT2D eigenvalue weighted by Crippen LogP contribution is -2.02. The second-order valence-electron chi connectivity index (χ2n) is 3.63. The van der Waals surface area contributed by atoms with Crippen molar-refractivity contribution in [2.45, 2.75) is 19.8 Å². The van der Waals surface area contributed by atoms with Gasteiger partial charge in [0, 0.05) is 11.8 Å². The summed E-state index contributed by atoms with van der Waals surface area (Å²) in [5, 5.41) is 9.61. The summed E-state index contributed by atoms with van der Waals surface area (Å²) in [4.78, 5) is 19.2. The first-order valence-electron chi connectivity index (χ1n) is 5.11. The molecule has 0 fully saturated rings. The lowest BCUT2D eigenvalue weighted by Gasteiger charge is -2.05. The Kier molecular flexibility index (Phi) is 2.81. The fourth-order valence-electron chi connectivity index (χ4n) is 1.69. The molecule has 0 aliphatic carbocycles. The highest BCUT2D eigenvalue weighted by Gasteiger charge is 2.07. The number of hydrogen-bond acceptors (Lipinski definition) is 3. The van der Waals surface area contributed by atoms with Crippen LogP contribution in [0.3, 0.4) is 0 Å². The van der Waals surface area contributed by atoms with Gasteiger partial charge in [-0.05, 0) is 13.0 Å². The summed E-state index contributed by atoms with van der Waals surface area (Å²) in [6.45, 7) is 1.82. The van der Waals surface area contributed by atoms with Gasteiger partial charge in [0.15, 0.2) is 0 Å². The molecule has 82 valence electrons. The number of nitrogens with zero attached hydrogens (tertiary/aromatic N) is 2. The van der Waals surface area contributed by atoms with Crippen molar-refractivity contribution in [3.05, 3.63) is 35.8 Å². The Morgan fingerprint density at radius 2 is 2.06 bits per heavy atom. The van der Waals surface area contributed by atoms with Gasteiger partial charge in [-0.25, -0.2) is 9.97 Å². The van der Waals surface area contributed by atoms with Gasteiger partial charge in [0.25, 0.3) is 0 Å². The lowest BCUT2D eigenvalue weighted by atomic mass is 10.1. The molecular weight excluding hydrogens is 204 g/mol. The zero-order chi connectivity index (χ0) is 11.5. The molecule has 0 aliphatic heterocycles. The second kappa shape index (κ2) is 4.26. The third-order valence-corrected chi connectivity index (χ3v) is 2.37. The van der Waals surface area contributed by atoms with Crippen molar-refractivity contribution in [2.75, 3.05) is 0 Å². The van der Waals surface area contributed by atoms with Gasteiger partial charge < -0.3 is 5.11 Å². The number of aliphatic carboxylic acids is 1. The molecule has 0 saturated heterocycles. The standard InChI is InChI=1S/C12H12N2O2/c1-8-13-10-5-3-2-4-9(10)11(14-8)6-7-12(15)16/h2-5H,6-7H2,1H3,(H,15,16). The number of aryl methyl sites for hydroxylation is 2. The van der Waals surface area contributed by atoms with Crippen molar-refractivity contribution >= 4 is 16.9 Å². The number of benzene rings is 1. The van der Waals surface area contributed by atoms with Crippen LogP contribution < -0.4 is 0 Å². The Morgan fingerprint density at radius 1 is 1.31 bits per heavy atom. The highest BCUT2D eigenvalue weighted by atomic mass is 16.4. The molecule has 0 spiro atoms. The Balaban J connectivity index is 2.46. The number of carbonyl (C=O) groups is 1. The third-order valence-electron chi connectivity index (χ3n) is 2.37. The summed E-state index contributed by atoms with van der Waals surface area (Å²) < 4.78 is 0. The van der Waals surface area contributed by atoms with E-state index in [0.717, 1.165) is 16.6 Å². The summed E-state index contributed by atoms with van der Waals surface area (Å²) in [6.07, 6.45) is 0.541. The van der Waals surface area contributed by atoms with Crippen molar-refractivity contribution in [3.63, 3.8) is 0 Å². The molecule has 2 aromatic rings. The van der Waals surface area contributed by atoms with E-state index in [9.17, 15) is 4.79 Å². The SMILES string of the molecule is Cc1nc(CCC(=O)O)c2ccccc2n1. The molecular formula is C12H12N2O2. The maximum atomic E-state index is 10.6. The Hall–Kier alpha value is -1.97. The van der Waals surface area contributed by atoms with E-state index in [1.54, 1.807) is 0 Å². The van der Waals surface area contributed by atoms with Crippen LogP contribution in [0.2, 0.25) is 0 Å². The van der Waals surface area contributed by atoms with Crippen molar-refractivity contribution in [2.24, 2.45) is 0 Å². The van der Waals surface area contributed by atoms with Crippen LogP contribution in [0.25, 0.3) is 10.9 Å². The minimum Gasteiger partial charge on any atom is -0.481 e. The van der Waals surface area contributed by atoms with Gasteiger partial charge in [-0.1, -0.05) is 18.2 Å². The normalized spacial score (nSPS) is 10.6. The zero-order valence-corrected chi connectivity index (χ0v) is 8.97. The van der Waals surface area contributed by atoms with Crippen molar-refractivity contribution < 1.29 is 9.90 Å². The fourth-order valence-corrected chi connectivity index (χ4v) is 1.69. The molecule has 4 heteroatoms. The monoisotopic (exact) mass is 216 g/mol. The number of carboxylic acid groups (broad SMARTS) is 1. The van der Waals surface area contributed by atoms with Crippen LogP contribution in [-0.2, 0) is 11.2 Å². The van der Waals surface area contributed by atoms with Crippen LogP contribution in [0.4, 0.5) is 0 Å². The van der Waals surface area contributed by atoms with Crippen LogP contribution in [0.5, 0.6) is 0 Å². The molecule has 0 amide bonds. The minimum absolute atomic E-state index is 0.0977. The molecule has 0 atom stereocenters. The molecule has 0 saturated carbocycles. The largest absolute Gasteiger partial charge is 0.481 e. The molecule has 0 radical (unpaired) electrons. The van der Waals surface area contributed by atoms with Crippen LogP contribution in [0.1, 0.15) is 17.9 Å². The van der Waals surface area contributed by atoms with Crippen LogP contribution in [-0.4, -0.2) is 21.0 Å². The lowest BCUT2D eigenvalue weighted by molar-refractivity contribution is -0.136. The van der Waals surface area contributed by atoms with E-state index in [1.807, 2.05) is 31.2 Å². The molecule has 0 aliphatic rings. The smallest absolute Gasteiger partial charge is 0.303 e. The van der Waals surface area contributed by atoms with E-state index < -0.39 is 5.97 Å². The Bertz CT molecular complexity index is 538. The maximum Gasteiger partial charge on any atom is 0.303 e. The van der Waals surface area contributed by atoms with E-state index in [-0.39, 0.29) is 6.42 Å². The molecule has 1 N–H and O–H groups in total. The predicted octanol–water partition coefficient (Wildman–Crippen LogP) is 1.96. The second-order valence-corrected chi connectivity index (χ2v) is 3.63. The molecule has 1 aromatic carbocycles. The van der Waals surface area contributed by atoms with Gasteiger partial charge in [-0.3, -0.25) is 4.79 Å². The quantitative estimate of drug-likeness (QED) is 0.851. The number of hydrogen-bond donors (Lipinski definition) is 1. The van der Waals surface area contributed by atoms with E-state index in [1.165, 1.54) is 0 Å². The average molecular weight is 216 g/mol. The summed E-state index contributed by atoms with van der Waals surface area (Å²) in [5.41, 5.74) is 1.68.